The van der Waals surface area contributed by atoms with Crippen LogP contribution in [0.25, 0.3) is 4.85 Å². The van der Waals surface area contributed by atoms with E-state index in [-0.39, 0.29) is 26.5 Å². The van der Waals surface area contributed by atoms with Crippen molar-refractivity contribution in [3.05, 3.63) is 63.5 Å². The van der Waals surface area contributed by atoms with Crippen LogP contribution in [0.5, 0.6) is 0 Å². The maximum Gasteiger partial charge on any atom is 0.282 e. The Morgan fingerprint density at radius 2 is 1.67 bits per heavy atom. The highest BCUT2D eigenvalue weighted by Gasteiger charge is 2.58. The number of fused-ring (bicyclic) bond motifs is 5. The lowest BCUT2D eigenvalue weighted by Crippen LogP contribution is -2.49. The highest BCUT2D eigenvalue weighted by Crippen LogP contribution is 2.67. The Morgan fingerprint density at radius 1 is 0.970 bits per heavy atom. The van der Waals surface area contributed by atoms with Crippen LogP contribution >= 0.6 is 0 Å². The average molecular weight is 464 g/mol. The summed E-state index contributed by atoms with van der Waals surface area (Å²) in [4.78, 5) is 16.0. The first-order chi connectivity index (χ1) is 15.6. The minimum absolute atomic E-state index is 0.0272. The Labute approximate surface area is 197 Å². The number of rotatable bonds is 2. The number of carbonyl (C=O) groups is 1. The minimum Gasteiger partial charge on any atom is -0.295 e. The number of hydrogen-bond donors (Lipinski definition) is 0. The molecular weight excluding hydrogens is 430 g/mol. The SMILES string of the molecule is [C-]#[N+]/C(=C1\CC[C@H]2[C@@H]3CCC4=CC(=O)CC[C@]4(C)[C@H]3CC[C@]12C)S(=O)(=O)c1ccc(C)cc1. The molecular formula is C28H33NO3S. The number of nitrogens with zero attached hydrogens (tertiary/aromatic N) is 1. The van der Waals surface area contributed by atoms with Crippen LogP contribution in [0.4, 0.5) is 0 Å². The van der Waals surface area contributed by atoms with Gasteiger partial charge in [-0.15, -0.1) is 0 Å². The summed E-state index contributed by atoms with van der Waals surface area (Å²) in [5, 5.41) is -0.0272. The lowest BCUT2D eigenvalue weighted by Gasteiger charge is -2.57. The molecule has 174 valence electrons. The molecule has 5 rings (SSSR count). The van der Waals surface area contributed by atoms with Crippen molar-refractivity contribution >= 4 is 15.6 Å². The average Bonchev–Trinajstić information content (AvgIpc) is 3.12. The Balaban J connectivity index is 1.53. The molecule has 0 amide bonds. The molecule has 0 aliphatic heterocycles. The van der Waals surface area contributed by atoms with E-state index >= 15 is 0 Å². The summed E-state index contributed by atoms with van der Waals surface area (Å²) in [5.41, 5.74) is 3.08. The molecule has 0 heterocycles. The fraction of sp³-hybridized carbons (Fsp3) is 0.571. The highest BCUT2D eigenvalue weighted by atomic mass is 32.2. The van der Waals surface area contributed by atoms with Gasteiger partial charge in [0.05, 0.1) is 11.5 Å². The second-order valence-electron chi connectivity index (χ2n) is 11.2. The van der Waals surface area contributed by atoms with Gasteiger partial charge in [-0.3, -0.25) is 4.79 Å². The van der Waals surface area contributed by atoms with Gasteiger partial charge in [0, 0.05) is 6.42 Å². The summed E-state index contributed by atoms with van der Waals surface area (Å²) in [7, 11) is -3.83. The minimum atomic E-state index is -3.83. The summed E-state index contributed by atoms with van der Waals surface area (Å²) < 4.78 is 27.0. The first-order valence-electron chi connectivity index (χ1n) is 12.3. The maximum atomic E-state index is 13.5. The third kappa shape index (κ3) is 3.28. The summed E-state index contributed by atoms with van der Waals surface area (Å²) in [6.45, 7) is 14.4. The van der Waals surface area contributed by atoms with Gasteiger partial charge in [0.2, 0.25) is 9.84 Å². The maximum absolute atomic E-state index is 13.5. The third-order valence-electron chi connectivity index (χ3n) is 9.69. The standard InChI is InChI=1S/C28H33NO3S/c1-18-5-8-21(9-6-18)33(31,32)26(29-4)25-12-11-23-22-10-7-19-17-20(30)13-15-27(19,2)24(22)14-16-28(23,25)3/h5-6,8-9,17,22-24H,7,10-16H2,1-3H3/b26-25-/t22-,23-,24-,27-,28-/m0/s1. The van der Waals surface area contributed by atoms with E-state index in [1.807, 2.05) is 13.0 Å². The van der Waals surface area contributed by atoms with Crippen molar-refractivity contribution in [3.8, 4) is 0 Å². The Hall–Kier alpha value is -2.19. The Kier molecular flexibility index (Phi) is 5.25. The van der Waals surface area contributed by atoms with Gasteiger partial charge < -0.3 is 0 Å². The second kappa shape index (κ2) is 7.67. The smallest absolute Gasteiger partial charge is 0.282 e. The number of sulfone groups is 1. The molecule has 0 radical (unpaired) electrons. The van der Waals surface area contributed by atoms with E-state index in [1.165, 1.54) is 5.57 Å². The number of hydrogen-bond acceptors (Lipinski definition) is 3. The van der Waals surface area contributed by atoms with E-state index in [2.05, 4.69) is 18.7 Å². The van der Waals surface area contributed by atoms with E-state index in [1.54, 1.807) is 24.3 Å². The number of carbonyl (C=O) groups excluding carboxylic acids is 1. The molecule has 0 N–H and O–H groups in total. The van der Waals surface area contributed by atoms with Gasteiger partial charge >= 0.3 is 0 Å². The molecule has 1 aromatic rings. The van der Waals surface area contributed by atoms with Crippen molar-refractivity contribution in [2.24, 2.45) is 28.6 Å². The van der Waals surface area contributed by atoms with Crippen LogP contribution in [0.15, 0.2) is 51.4 Å². The van der Waals surface area contributed by atoms with Gasteiger partial charge in [-0.2, -0.15) is 0 Å². The first-order valence-corrected chi connectivity index (χ1v) is 13.8. The summed E-state index contributed by atoms with van der Waals surface area (Å²) in [6.07, 6.45) is 9.20. The summed E-state index contributed by atoms with van der Waals surface area (Å²) in [6, 6.07) is 6.85. The van der Waals surface area contributed by atoms with Crippen molar-refractivity contribution in [1.29, 1.82) is 0 Å². The number of ketones is 1. The Bertz CT molecular complexity index is 1220. The largest absolute Gasteiger partial charge is 0.295 e. The van der Waals surface area contributed by atoms with Crippen LogP contribution < -0.4 is 0 Å². The van der Waals surface area contributed by atoms with E-state index in [4.69, 9.17) is 6.57 Å². The van der Waals surface area contributed by atoms with E-state index in [9.17, 15) is 13.2 Å². The number of benzene rings is 1. The molecule has 1 aromatic carbocycles. The zero-order chi connectivity index (χ0) is 23.6. The fourth-order valence-corrected chi connectivity index (χ4v) is 9.34. The molecule has 0 unspecified atom stereocenters. The zero-order valence-corrected chi connectivity index (χ0v) is 20.7. The monoisotopic (exact) mass is 463 g/mol. The zero-order valence-electron chi connectivity index (χ0n) is 19.9. The molecule has 3 fully saturated rings. The lowest BCUT2D eigenvalue weighted by molar-refractivity contribution is -0.117. The van der Waals surface area contributed by atoms with Crippen LogP contribution in [-0.4, -0.2) is 14.2 Å². The topological polar surface area (TPSA) is 55.6 Å². The van der Waals surface area contributed by atoms with E-state index < -0.39 is 9.84 Å². The third-order valence-corrected chi connectivity index (χ3v) is 11.4. The van der Waals surface area contributed by atoms with Crippen LogP contribution in [0.2, 0.25) is 0 Å². The molecule has 33 heavy (non-hydrogen) atoms. The molecule has 0 aromatic heterocycles. The highest BCUT2D eigenvalue weighted by molar-refractivity contribution is 7.95. The Morgan fingerprint density at radius 3 is 2.36 bits per heavy atom. The normalized spacial score (nSPS) is 37.3. The van der Waals surface area contributed by atoms with E-state index in [0.29, 0.717) is 30.6 Å². The van der Waals surface area contributed by atoms with Gasteiger partial charge in [-0.1, -0.05) is 37.1 Å². The lowest BCUT2D eigenvalue weighted by atomic mass is 9.47. The van der Waals surface area contributed by atoms with Gasteiger partial charge in [-0.25, -0.2) is 13.3 Å². The fourth-order valence-electron chi connectivity index (χ4n) is 7.84. The molecule has 3 saturated carbocycles. The van der Waals surface area contributed by atoms with Gasteiger partial charge in [-0.05, 0) is 104 Å². The predicted octanol–water partition coefficient (Wildman–Crippen LogP) is 6.43. The van der Waals surface area contributed by atoms with Crippen molar-refractivity contribution in [1.82, 2.24) is 0 Å². The summed E-state index contributed by atoms with van der Waals surface area (Å²) >= 11 is 0. The van der Waals surface area contributed by atoms with Gasteiger partial charge in [0.15, 0.2) is 5.78 Å². The molecule has 0 bridgehead atoms. The molecule has 5 heteroatoms. The number of allylic oxidation sites excluding steroid dienone is 2. The van der Waals surface area contributed by atoms with Crippen LogP contribution in [0.3, 0.4) is 0 Å². The van der Waals surface area contributed by atoms with Gasteiger partial charge in [0.25, 0.3) is 5.03 Å². The first kappa shape index (κ1) is 22.6. The molecule has 0 spiro atoms. The second-order valence-corrected chi connectivity index (χ2v) is 13.0. The van der Waals surface area contributed by atoms with Crippen molar-refractivity contribution < 1.29 is 13.2 Å². The van der Waals surface area contributed by atoms with Crippen LogP contribution in [-0.2, 0) is 14.6 Å². The molecule has 4 aliphatic rings. The van der Waals surface area contributed by atoms with Gasteiger partial charge in [0.1, 0.15) is 0 Å². The van der Waals surface area contributed by atoms with Crippen LogP contribution in [0, 0.1) is 42.1 Å². The van der Waals surface area contributed by atoms with Crippen molar-refractivity contribution in [2.45, 2.75) is 77.0 Å². The quantitative estimate of drug-likeness (QED) is 0.475. The van der Waals surface area contributed by atoms with E-state index in [0.717, 1.165) is 49.7 Å². The molecule has 0 saturated heterocycles. The van der Waals surface area contributed by atoms with Crippen molar-refractivity contribution in [3.63, 3.8) is 0 Å². The van der Waals surface area contributed by atoms with Crippen LogP contribution in [0.1, 0.15) is 70.8 Å². The predicted molar refractivity (Wildman–Crippen MR) is 129 cm³/mol. The number of aryl methyl sites for hydroxylation is 1. The van der Waals surface area contributed by atoms with Crippen molar-refractivity contribution in [2.75, 3.05) is 0 Å². The molecule has 4 nitrogen and oxygen atoms in total. The molecule has 5 atom stereocenters. The summed E-state index contributed by atoms with van der Waals surface area (Å²) in [5.74, 6) is 1.77. The molecule has 4 aliphatic carbocycles.